The number of methoxy groups -OCH3 is 1. The van der Waals surface area contributed by atoms with Crippen molar-refractivity contribution in [1.82, 2.24) is 4.98 Å². The van der Waals surface area contributed by atoms with E-state index >= 15 is 0 Å². The molecule has 0 bridgehead atoms. The average Bonchev–Trinajstić information content (AvgIpc) is 3.21. The van der Waals surface area contributed by atoms with Gasteiger partial charge in [0.05, 0.1) is 11.0 Å². The predicted octanol–water partition coefficient (Wildman–Crippen LogP) is 5.84. The maximum Gasteiger partial charge on any atom is 0.248 e. The number of amides is 1. The quantitative estimate of drug-likeness (QED) is 0.520. The number of nitrogens with two attached hydrogens (primary N) is 1. The molecule has 1 amide bonds. The molecular weight excluding hydrogens is 392 g/mol. The third-order valence-electron chi connectivity index (χ3n) is 5.35. The van der Waals surface area contributed by atoms with E-state index in [2.05, 4.69) is 50.9 Å². The third-order valence-corrected chi connectivity index (χ3v) is 6.44. The number of rotatable bonds is 7. The van der Waals surface area contributed by atoms with Crippen LogP contribution in [0.15, 0.2) is 48.7 Å². The lowest BCUT2D eigenvalue weighted by Crippen LogP contribution is -2.16. The molecule has 0 radical (unpaired) electrons. The van der Waals surface area contributed by atoms with Gasteiger partial charge in [-0.3, -0.25) is 4.79 Å². The highest BCUT2D eigenvalue weighted by Gasteiger charge is 2.20. The summed E-state index contributed by atoms with van der Waals surface area (Å²) in [6, 6.07) is 14.0. The molecular formula is C25H30N2O2S. The first-order valence-corrected chi connectivity index (χ1v) is 11.0. The predicted molar refractivity (Wildman–Crippen MR) is 125 cm³/mol. The molecule has 5 heteroatoms. The molecule has 0 aliphatic heterocycles. The van der Waals surface area contributed by atoms with Crippen molar-refractivity contribution in [3.8, 4) is 21.0 Å². The van der Waals surface area contributed by atoms with Crippen molar-refractivity contribution < 1.29 is 9.53 Å². The van der Waals surface area contributed by atoms with E-state index in [1.807, 2.05) is 18.3 Å². The van der Waals surface area contributed by atoms with Crippen LogP contribution in [0, 0.1) is 0 Å². The monoisotopic (exact) mass is 422 g/mol. The van der Waals surface area contributed by atoms with Crippen LogP contribution in [0.1, 0.15) is 55.6 Å². The molecule has 1 unspecified atom stereocenters. The highest BCUT2D eigenvalue weighted by Crippen LogP contribution is 2.36. The maximum atomic E-state index is 11.3. The van der Waals surface area contributed by atoms with Crippen LogP contribution in [0.3, 0.4) is 0 Å². The van der Waals surface area contributed by atoms with Gasteiger partial charge in [0.25, 0.3) is 0 Å². The summed E-state index contributed by atoms with van der Waals surface area (Å²) in [5.41, 5.74) is 10.8. The number of aromatic nitrogens is 1. The highest BCUT2D eigenvalue weighted by atomic mass is 32.1. The Labute approximate surface area is 183 Å². The van der Waals surface area contributed by atoms with Gasteiger partial charge < -0.3 is 10.5 Å². The second-order valence-corrected chi connectivity index (χ2v) is 9.71. The molecule has 0 fully saturated rings. The molecule has 2 N–H and O–H groups in total. The van der Waals surface area contributed by atoms with Gasteiger partial charge in [0, 0.05) is 24.4 Å². The van der Waals surface area contributed by atoms with E-state index in [1.54, 1.807) is 30.6 Å². The van der Waals surface area contributed by atoms with E-state index in [4.69, 9.17) is 10.5 Å². The summed E-state index contributed by atoms with van der Waals surface area (Å²) >= 11 is 1.65. The van der Waals surface area contributed by atoms with Crippen LogP contribution >= 0.6 is 11.3 Å². The summed E-state index contributed by atoms with van der Waals surface area (Å²) in [6.07, 6.45) is 4.19. The van der Waals surface area contributed by atoms with Crippen molar-refractivity contribution in [3.05, 3.63) is 65.4 Å². The van der Waals surface area contributed by atoms with E-state index in [9.17, 15) is 4.79 Å². The smallest absolute Gasteiger partial charge is 0.248 e. The van der Waals surface area contributed by atoms with Crippen molar-refractivity contribution in [2.45, 2.75) is 52.1 Å². The summed E-state index contributed by atoms with van der Waals surface area (Å²) < 4.78 is 5.42. The number of benzene rings is 2. The van der Waals surface area contributed by atoms with Gasteiger partial charge in [0.15, 0.2) is 0 Å². The van der Waals surface area contributed by atoms with Gasteiger partial charge in [0.1, 0.15) is 5.01 Å². The number of carbonyl (C=O) groups excluding carboxylic acids is 1. The zero-order valence-corrected chi connectivity index (χ0v) is 19.2. The van der Waals surface area contributed by atoms with Crippen molar-refractivity contribution >= 4 is 17.2 Å². The largest absolute Gasteiger partial charge is 0.382 e. The standard InChI is InChI=1S/C25H30N2O2S/c1-16(29-5)6-7-17-8-13-20(14-21(17)25(2,3)4)22-15-27-24(30-22)19-11-9-18(10-12-19)23(26)28/h8-16H,6-7H2,1-5H3,(H2,26,28). The molecule has 0 saturated carbocycles. The topological polar surface area (TPSA) is 65.2 Å². The molecule has 1 aromatic heterocycles. The summed E-state index contributed by atoms with van der Waals surface area (Å²) in [6.45, 7) is 8.88. The normalized spacial score (nSPS) is 12.7. The summed E-state index contributed by atoms with van der Waals surface area (Å²) in [5.74, 6) is -0.420. The fraction of sp³-hybridized carbons (Fsp3) is 0.360. The van der Waals surface area contributed by atoms with E-state index in [-0.39, 0.29) is 11.5 Å². The number of hydrogen-bond donors (Lipinski definition) is 1. The number of hydrogen-bond acceptors (Lipinski definition) is 4. The van der Waals surface area contributed by atoms with Crippen LogP contribution in [0.2, 0.25) is 0 Å². The lowest BCUT2D eigenvalue weighted by molar-refractivity contribution is 0.1000. The van der Waals surface area contributed by atoms with Crippen molar-refractivity contribution in [3.63, 3.8) is 0 Å². The number of nitrogens with zero attached hydrogens (tertiary/aromatic N) is 1. The lowest BCUT2D eigenvalue weighted by Gasteiger charge is -2.24. The Hall–Kier alpha value is -2.50. The van der Waals surface area contributed by atoms with Crippen LogP contribution in [0.4, 0.5) is 0 Å². The molecule has 3 aromatic rings. The second kappa shape index (κ2) is 9.11. The average molecular weight is 423 g/mol. The number of ether oxygens (including phenoxy) is 1. The molecule has 30 heavy (non-hydrogen) atoms. The minimum absolute atomic E-state index is 0.0553. The molecule has 4 nitrogen and oxygen atoms in total. The van der Waals surface area contributed by atoms with Crippen LogP contribution in [0.25, 0.3) is 21.0 Å². The first kappa shape index (κ1) is 22.2. The minimum Gasteiger partial charge on any atom is -0.382 e. The summed E-state index contributed by atoms with van der Waals surface area (Å²) in [5, 5.41) is 0.927. The van der Waals surface area contributed by atoms with Gasteiger partial charge in [0.2, 0.25) is 5.91 Å². The van der Waals surface area contributed by atoms with E-state index in [1.165, 1.54) is 16.7 Å². The number of primary amides is 1. The zero-order valence-electron chi connectivity index (χ0n) is 18.4. The van der Waals surface area contributed by atoms with Crippen LogP contribution in [-0.4, -0.2) is 24.1 Å². The van der Waals surface area contributed by atoms with Gasteiger partial charge in [-0.15, -0.1) is 11.3 Å². The Morgan fingerprint density at radius 1 is 1.13 bits per heavy atom. The Bertz CT molecular complexity index is 1020. The fourth-order valence-corrected chi connectivity index (χ4v) is 4.36. The zero-order chi connectivity index (χ0) is 21.9. The molecule has 1 heterocycles. The first-order chi connectivity index (χ1) is 14.2. The van der Waals surface area contributed by atoms with Crippen LogP contribution in [-0.2, 0) is 16.6 Å². The summed E-state index contributed by atoms with van der Waals surface area (Å²) in [4.78, 5) is 17.0. The number of aryl methyl sites for hydroxylation is 1. The highest BCUT2D eigenvalue weighted by molar-refractivity contribution is 7.18. The Morgan fingerprint density at radius 3 is 2.40 bits per heavy atom. The molecule has 158 valence electrons. The van der Waals surface area contributed by atoms with E-state index in [0.29, 0.717) is 5.56 Å². The SMILES string of the molecule is COC(C)CCc1ccc(-c2cnc(-c3ccc(C(N)=O)cc3)s2)cc1C(C)(C)C. The van der Waals surface area contributed by atoms with Gasteiger partial charge in [-0.2, -0.15) is 0 Å². The molecule has 0 aliphatic carbocycles. The Morgan fingerprint density at radius 2 is 1.80 bits per heavy atom. The van der Waals surface area contributed by atoms with E-state index < -0.39 is 5.91 Å². The van der Waals surface area contributed by atoms with Crippen molar-refractivity contribution in [2.24, 2.45) is 5.73 Å². The van der Waals surface area contributed by atoms with Gasteiger partial charge in [-0.1, -0.05) is 45.0 Å². The van der Waals surface area contributed by atoms with Crippen LogP contribution < -0.4 is 5.73 Å². The Kier molecular flexibility index (Phi) is 6.74. The molecule has 0 aliphatic rings. The lowest BCUT2D eigenvalue weighted by atomic mass is 9.81. The fourth-order valence-electron chi connectivity index (χ4n) is 3.44. The molecule has 1 atom stereocenters. The third kappa shape index (κ3) is 5.15. The van der Waals surface area contributed by atoms with Crippen molar-refractivity contribution in [1.29, 1.82) is 0 Å². The maximum absolute atomic E-state index is 11.3. The molecule has 0 saturated heterocycles. The Balaban J connectivity index is 1.90. The molecule has 2 aromatic carbocycles. The van der Waals surface area contributed by atoms with Crippen molar-refractivity contribution in [2.75, 3.05) is 7.11 Å². The van der Waals surface area contributed by atoms with E-state index in [0.717, 1.165) is 28.3 Å². The number of thiazole rings is 1. The number of carbonyl (C=O) groups is 1. The minimum atomic E-state index is -0.420. The molecule has 3 rings (SSSR count). The molecule has 0 spiro atoms. The van der Waals surface area contributed by atoms with Gasteiger partial charge in [-0.05, 0) is 60.1 Å². The summed E-state index contributed by atoms with van der Waals surface area (Å²) in [7, 11) is 1.77. The second-order valence-electron chi connectivity index (χ2n) is 8.68. The first-order valence-electron chi connectivity index (χ1n) is 10.2. The van der Waals surface area contributed by atoms with Crippen LogP contribution in [0.5, 0.6) is 0 Å². The van der Waals surface area contributed by atoms with Gasteiger partial charge >= 0.3 is 0 Å². The van der Waals surface area contributed by atoms with Gasteiger partial charge in [-0.25, -0.2) is 4.98 Å².